The molecule has 1 amide bonds. The first-order valence-corrected chi connectivity index (χ1v) is 8.89. The van der Waals surface area contributed by atoms with E-state index >= 15 is 0 Å². The van der Waals surface area contributed by atoms with Gasteiger partial charge in [0.1, 0.15) is 11.6 Å². The normalized spacial score (nSPS) is 10.5. The Labute approximate surface area is 153 Å². The van der Waals surface area contributed by atoms with Crippen molar-refractivity contribution in [3.05, 3.63) is 54.3 Å². The number of aromatic nitrogens is 2. The molecule has 3 rings (SSSR count). The monoisotopic (exact) mass is 373 g/mol. The summed E-state index contributed by atoms with van der Waals surface area (Å²) in [5, 5.41) is 10.6. The highest BCUT2D eigenvalue weighted by Gasteiger charge is 2.14. The molecule has 0 bridgehead atoms. The lowest BCUT2D eigenvalue weighted by Crippen LogP contribution is -2.14. The van der Waals surface area contributed by atoms with Crippen molar-refractivity contribution < 1.29 is 18.3 Å². The molecule has 0 saturated heterocycles. The Morgan fingerprint density at radius 3 is 2.77 bits per heavy atom. The van der Waals surface area contributed by atoms with E-state index in [2.05, 4.69) is 15.5 Å². The number of carbonyl (C=O) groups excluding carboxylic acids is 1. The Hall–Kier alpha value is -2.87. The predicted molar refractivity (Wildman–Crippen MR) is 96.7 cm³/mol. The van der Waals surface area contributed by atoms with Crippen molar-refractivity contribution in [1.82, 2.24) is 10.2 Å². The van der Waals surface area contributed by atoms with Gasteiger partial charge < -0.3 is 14.5 Å². The second-order valence-corrected chi connectivity index (χ2v) is 6.05. The number of anilines is 1. The molecule has 3 aromatic rings. The molecule has 0 spiro atoms. The Bertz CT molecular complexity index is 901. The van der Waals surface area contributed by atoms with Gasteiger partial charge in [-0.1, -0.05) is 36.0 Å². The minimum atomic E-state index is -0.446. The highest BCUT2D eigenvalue weighted by molar-refractivity contribution is 7.99. The number of hydrogen-bond acceptors (Lipinski definition) is 6. The summed E-state index contributed by atoms with van der Waals surface area (Å²) in [6, 6.07) is 13.3. The van der Waals surface area contributed by atoms with E-state index in [0.717, 1.165) is 11.8 Å². The first-order chi connectivity index (χ1) is 12.7. The number of hydrogen-bond donors (Lipinski definition) is 1. The van der Waals surface area contributed by atoms with Crippen LogP contribution >= 0.6 is 11.8 Å². The van der Waals surface area contributed by atoms with Gasteiger partial charge in [0, 0.05) is 0 Å². The van der Waals surface area contributed by atoms with Crippen LogP contribution in [-0.4, -0.2) is 28.5 Å². The second kappa shape index (κ2) is 8.48. The van der Waals surface area contributed by atoms with E-state index in [9.17, 15) is 9.18 Å². The molecule has 2 aromatic carbocycles. The molecule has 0 unspecified atom stereocenters. The third kappa shape index (κ3) is 4.40. The van der Waals surface area contributed by atoms with Gasteiger partial charge in [-0.25, -0.2) is 4.39 Å². The molecule has 1 N–H and O–H groups in total. The van der Waals surface area contributed by atoms with Crippen molar-refractivity contribution in [3.8, 4) is 17.2 Å². The quantitative estimate of drug-likeness (QED) is 0.631. The molecule has 134 valence electrons. The molecule has 0 fully saturated rings. The number of benzene rings is 2. The van der Waals surface area contributed by atoms with Crippen LogP contribution in [0.4, 0.5) is 10.1 Å². The number of thioether (sulfide) groups is 1. The zero-order valence-electron chi connectivity index (χ0n) is 13.9. The zero-order chi connectivity index (χ0) is 18.4. The van der Waals surface area contributed by atoms with E-state index < -0.39 is 5.82 Å². The molecule has 0 aliphatic rings. The fourth-order valence-corrected chi connectivity index (χ4v) is 2.74. The summed E-state index contributed by atoms with van der Waals surface area (Å²) in [6.07, 6.45) is 0. The van der Waals surface area contributed by atoms with E-state index in [1.54, 1.807) is 30.3 Å². The molecule has 26 heavy (non-hydrogen) atoms. The second-order valence-electron chi connectivity index (χ2n) is 5.12. The fraction of sp³-hybridized carbons (Fsp3) is 0.167. The fourth-order valence-electron chi connectivity index (χ4n) is 2.18. The molecular formula is C18H16FN3O3S. The molecule has 1 heterocycles. The molecule has 0 aliphatic heterocycles. The number of nitrogens with zero attached hydrogens (tertiary/aromatic N) is 2. The van der Waals surface area contributed by atoms with Gasteiger partial charge in [-0.05, 0) is 31.2 Å². The van der Waals surface area contributed by atoms with E-state index in [4.69, 9.17) is 9.15 Å². The summed E-state index contributed by atoms with van der Waals surface area (Å²) in [4.78, 5) is 12.1. The lowest BCUT2D eigenvalue weighted by atomic mass is 10.2. The Morgan fingerprint density at radius 2 is 1.96 bits per heavy atom. The zero-order valence-corrected chi connectivity index (χ0v) is 14.8. The Morgan fingerprint density at radius 1 is 1.19 bits per heavy atom. The van der Waals surface area contributed by atoms with E-state index in [1.807, 2.05) is 19.1 Å². The molecule has 0 atom stereocenters. The average Bonchev–Trinajstić information content (AvgIpc) is 3.11. The van der Waals surface area contributed by atoms with Crippen LogP contribution in [0.15, 0.2) is 58.2 Å². The minimum Gasteiger partial charge on any atom is -0.492 e. The van der Waals surface area contributed by atoms with Crippen LogP contribution in [0.5, 0.6) is 5.75 Å². The first-order valence-electron chi connectivity index (χ1n) is 7.90. The van der Waals surface area contributed by atoms with Crippen LogP contribution in [0.1, 0.15) is 6.92 Å². The summed E-state index contributed by atoms with van der Waals surface area (Å²) in [5.41, 5.74) is 0.819. The third-order valence-corrected chi connectivity index (χ3v) is 4.12. The standard InChI is InChI=1S/C18H16FN3O3S/c1-2-24-15-10-6-5-9-14(15)20-16(23)11-26-18-22-21-17(25-18)12-7-3-4-8-13(12)19/h3-10H,2,11H2,1H3,(H,20,23). The SMILES string of the molecule is CCOc1ccccc1NC(=O)CSc1nnc(-c2ccccc2F)o1. The maximum absolute atomic E-state index is 13.7. The number of ether oxygens (including phenoxy) is 1. The van der Waals surface area contributed by atoms with Crippen LogP contribution in [0, 0.1) is 5.82 Å². The molecule has 0 saturated carbocycles. The third-order valence-electron chi connectivity index (χ3n) is 3.30. The number of amides is 1. The van der Waals surface area contributed by atoms with Crippen molar-refractivity contribution in [2.75, 3.05) is 17.7 Å². The van der Waals surface area contributed by atoms with Crippen LogP contribution < -0.4 is 10.1 Å². The highest BCUT2D eigenvalue weighted by atomic mass is 32.2. The van der Waals surface area contributed by atoms with Crippen LogP contribution in [0.25, 0.3) is 11.5 Å². The number of carbonyl (C=O) groups is 1. The lowest BCUT2D eigenvalue weighted by molar-refractivity contribution is -0.113. The van der Waals surface area contributed by atoms with Gasteiger partial charge in [-0.15, -0.1) is 10.2 Å². The maximum atomic E-state index is 13.7. The predicted octanol–water partition coefficient (Wildman–Crippen LogP) is 4.01. The number of para-hydroxylation sites is 2. The topological polar surface area (TPSA) is 77.2 Å². The first kappa shape index (κ1) is 17.9. The molecule has 0 aliphatic carbocycles. The van der Waals surface area contributed by atoms with Gasteiger partial charge in [0.2, 0.25) is 5.91 Å². The molecular weight excluding hydrogens is 357 g/mol. The molecule has 1 aromatic heterocycles. The number of rotatable bonds is 7. The van der Waals surface area contributed by atoms with Crippen LogP contribution in [-0.2, 0) is 4.79 Å². The summed E-state index contributed by atoms with van der Waals surface area (Å²) in [5.74, 6) is 0.0609. The largest absolute Gasteiger partial charge is 0.492 e. The van der Waals surface area contributed by atoms with Crippen molar-refractivity contribution in [2.24, 2.45) is 0 Å². The molecule has 0 radical (unpaired) electrons. The van der Waals surface area contributed by atoms with E-state index in [0.29, 0.717) is 18.0 Å². The van der Waals surface area contributed by atoms with Crippen molar-refractivity contribution in [2.45, 2.75) is 12.1 Å². The number of halogens is 1. The summed E-state index contributed by atoms with van der Waals surface area (Å²) < 4.78 is 24.6. The maximum Gasteiger partial charge on any atom is 0.277 e. The van der Waals surface area contributed by atoms with E-state index in [1.165, 1.54) is 6.07 Å². The molecule has 6 nitrogen and oxygen atoms in total. The summed E-state index contributed by atoms with van der Waals surface area (Å²) in [7, 11) is 0. The Kier molecular flexibility index (Phi) is 5.85. The van der Waals surface area contributed by atoms with Crippen LogP contribution in [0.2, 0.25) is 0 Å². The van der Waals surface area contributed by atoms with Crippen molar-refractivity contribution in [3.63, 3.8) is 0 Å². The van der Waals surface area contributed by atoms with Gasteiger partial charge in [-0.3, -0.25) is 4.79 Å². The summed E-state index contributed by atoms with van der Waals surface area (Å²) in [6.45, 7) is 2.37. The highest BCUT2D eigenvalue weighted by Crippen LogP contribution is 2.26. The van der Waals surface area contributed by atoms with Crippen LogP contribution in [0.3, 0.4) is 0 Å². The summed E-state index contributed by atoms with van der Waals surface area (Å²) >= 11 is 1.07. The van der Waals surface area contributed by atoms with Gasteiger partial charge in [0.25, 0.3) is 11.1 Å². The average molecular weight is 373 g/mol. The lowest BCUT2D eigenvalue weighted by Gasteiger charge is -2.10. The smallest absolute Gasteiger partial charge is 0.277 e. The van der Waals surface area contributed by atoms with Gasteiger partial charge in [0.05, 0.1) is 23.6 Å². The van der Waals surface area contributed by atoms with E-state index in [-0.39, 0.29) is 28.3 Å². The number of nitrogens with one attached hydrogen (secondary N) is 1. The van der Waals surface area contributed by atoms with Gasteiger partial charge in [0.15, 0.2) is 0 Å². The van der Waals surface area contributed by atoms with Gasteiger partial charge >= 0.3 is 0 Å². The molecule has 8 heteroatoms. The van der Waals surface area contributed by atoms with Crippen molar-refractivity contribution in [1.29, 1.82) is 0 Å². The van der Waals surface area contributed by atoms with Crippen molar-refractivity contribution >= 4 is 23.4 Å². The van der Waals surface area contributed by atoms with Gasteiger partial charge in [-0.2, -0.15) is 0 Å². The Balaban J connectivity index is 1.60. The minimum absolute atomic E-state index is 0.0688.